The third kappa shape index (κ3) is 2.22. The number of pyridine rings is 1. The van der Waals surface area contributed by atoms with E-state index in [1.165, 1.54) is 0 Å². The topological polar surface area (TPSA) is 67.1 Å². The second kappa shape index (κ2) is 5.13. The molecule has 3 rings (SSSR count). The molecule has 2 aromatic rings. The van der Waals surface area contributed by atoms with Crippen LogP contribution in [-0.4, -0.2) is 46.3 Å². The summed E-state index contributed by atoms with van der Waals surface area (Å²) in [6.45, 7) is 4.11. The van der Waals surface area contributed by atoms with Crippen molar-refractivity contribution in [2.24, 2.45) is 0 Å². The number of fused-ring (bicyclic) bond motifs is 1. The fraction of sp³-hybridized carbons (Fsp3) is 0.429. The van der Waals surface area contributed by atoms with Crippen molar-refractivity contribution in [1.82, 2.24) is 9.38 Å². The molecule has 2 aromatic heterocycles. The molecule has 0 aliphatic carbocycles. The van der Waals surface area contributed by atoms with Crippen molar-refractivity contribution in [2.45, 2.75) is 19.4 Å². The number of aromatic carboxylic acids is 1. The molecule has 1 aliphatic heterocycles. The Morgan fingerprint density at radius 2 is 2.35 bits per heavy atom. The van der Waals surface area contributed by atoms with Crippen molar-refractivity contribution < 1.29 is 14.6 Å². The largest absolute Gasteiger partial charge is 0.476 e. The van der Waals surface area contributed by atoms with Gasteiger partial charge in [0.05, 0.1) is 6.10 Å². The number of imidazole rings is 1. The van der Waals surface area contributed by atoms with Crippen LogP contribution in [0.1, 0.15) is 23.8 Å². The summed E-state index contributed by atoms with van der Waals surface area (Å²) in [4.78, 5) is 18.1. The molecule has 1 saturated heterocycles. The molecule has 0 spiro atoms. The SMILES string of the molecule is CC1CN(c2nc3ccccn3c2C(=O)O)CCCO1. The van der Waals surface area contributed by atoms with Crippen LogP contribution in [0.25, 0.3) is 5.65 Å². The molecular formula is C14H17N3O3. The number of carboxylic acids is 1. The van der Waals surface area contributed by atoms with Gasteiger partial charge in [0.25, 0.3) is 0 Å². The summed E-state index contributed by atoms with van der Waals surface area (Å²) in [5, 5.41) is 9.50. The Labute approximate surface area is 116 Å². The normalized spacial score (nSPS) is 20.1. The summed E-state index contributed by atoms with van der Waals surface area (Å²) in [6.07, 6.45) is 2.67. The van der Waals surface area contributed by atoms with E-state index < -0.39 is 5.97 Å². The van der Waals surface area contributed by atoms with Gasteiger partial charge >= 0.3 is 5.97 Å². The van der Waals surface area contributed by atoms with Crippen LogP contribution in [0.2, 0.25) is 0 Å². The third-order valence-corrected chi connectivity index (χ3v) is 3.47. The third-order valence-electron chi connectivity index (χ3n) is 3.47. The highest BCUT2D eigenvalue weighted by Gasteiger charge is 2.25. The predicted octanol–water partition coefficient (Wildman–Crippen LogP) is 1.65. The highest BCUT2D eigenvalue weighted by molar-refractivity contribution is 5.93. The molecule has 0 bridgehead atoms. The van der Waals surface area contributed by atoms with Gasteiger partial charge in [0.2, 0.25) is 0 Å². The van der Waals surface area contributed by atoms with Crippen molar-refractivity contribution in [3.63, 3.8) is 0 Å². The van der Waals surface area contributed by atoms with Crippen LogP contribution in [0.5, 0.6) is 0 Å². The van der Waals surface area contributed by atoms with Crippen molar-refractivity contribution in [3.05, 3.63) is 30.1 Å². The van der Waals surface area contributed by atoms with Gasteiger partial charge < -0.3 is 14.7 Å². The van der Waals surface area contributed by atoms with E-state index in [0.717, 1.165) is 13.0 Å². The predicted molar refractivity (Wildman–Crippen MR) is 74.4 cm³/mol. The Kier molecular flexibility index (Phi) is 3.31. The zero-order chi connectivity index (χ0) is 14.1. The minimum absolute atomic E-state index is 0.0731. The molecule has 106 valence electrons. The molecular weight excluding hydrogens is 258 g/mol. The molecule has 20 heavy (non-hydrogen) atoms. The average molecular weight is 275 g/mol. The summed E-state index contributed by atoms with van der Waals surface area (Å²) in [5.74, 6) is -0.433. The van der Waals surface area contributed by atoms with Gasteiger partial charge in [0.1, 0.15) is 5.65 Å². The van der Waals surface area contributed by atoms with Gasteiger partial charge in [-0.1, -0.05) is 6.07 Å². The monoisotopic (exact) mass is 275 g/mol. The lowest BCUT2D eigenvalue weighted by Crippen LogP contribution is -2.31. The van der Waals surface area contributed by atoms with Crippen LogP contribution in [0, 0.1) is 0 Å². The standard InChI is InChI=1S/C14H17N3O3/c1-10-9-16(6-4-8-20-10)13-12(14(18)19)17-7-3-2-5-11(17)15-13/h2-3,5,7,10H,4,6,8-9H2,1H3,(H,18,19). The molecule has 6 heteroatoms. The quantitative estimate of drug-likeness (QED) is 0.902. The maximum absolute atomic E-state index is 11.6. The summed E-state index contributed by atoms with van der Waals surface area (Å²) in [7, 11) is 0. The van der Waals surface area contributed by atoms with Crippen LogP contribution >= 0.6 is 0 Å². The maximum Gasteiger partial charge on any atom is 0.356 e. The average Bonchev–Trinajstić information content (AvgIpc) is 2.68. The molecule has 0 aromatic carbocycles. The lowest BCUT2D eigenvalue weighted by molar-refractivity contribution is 0.0688. The highest BCUT2D eigenvalue weighted by Crippen LogP contribution is 2.23. The van der Waals surface area contributed by atoms with Crippen LogP contribution in [0.15, 0.2) is 24.4 Å². The van der Waals surface area contributed by atoms with E-state index in [9.17, 15) is 9.90 Å². The van der Waals surface area contributed by atoms with Crippen LogP contribution in [0.4, 0.5) is 5.82 Å². The molecule has 6 nitrogen and oxygen atoms in total. The van der Waals surface area contributed by atoms with Gasteiger partial charge in [-0.2, -0.15) is 0 Å². The van der Waals surface area contributed by atoms with E-state index in [0.29, 0.717) is 24.6 Å². The van der Waals surface area contributed by atoms with Crippen LogP contribution in [-0.2, 0) is 4.74 Å². The molecule has 1 atom stereocenters. The van der Waals surface area contributed by atoms with Crippen molar-refractivity contribution in [1.29, 1.82) is 0 Å². The van der Waals surface area contributed by atoms with Gasteiger partial charge in [-0.15, -0.1) is 0 Å². The number of rotatable bonds is 2. The number of ether oxygens (including phenoxy) is 1. The van der Waals surface area contributed by atoms with Crippen LogP contribution in [0.3, 0.4) is 0 Å². The lowest BCUT2D eigenvalue weighted by atomic mass is 10.3. The first-order valence-electron chi connectivity index (χ1n) is 6.74. The number of carbonyl (C=O) groups is 1. The maximum atomic E-state index is 11.6. The Morgan fingerprint density at radius 3 is 3.15 bits per heavy atom. The number of hydrogen-bond donors (Lipinski definition) is 1. The Bertz CT molecular complexity index is 638. The van der Waals surface area contributed by atoms with E-state index in [-0.39, 0.29) is 11.8 Å². The van der Waals surface area contributed by atoms with Gasteiger partial charge in [-0.25, -0.2) is 9.78 Å². The first-order valence-corrected chi connectivity index (χ1v) is 6.74. The lowest BCUT2D eigenvalue weighted by Gasteiger charge is -2.22. The Balaban J connectivity index is 2.09. The first kappa shape index (κ1) is 12.9. The Morgan fingerprint density at radius 1 is 1.50 bits per heavy atom. The number of carboxylic acid groups (broad SMARTS) is 1. The molecule has 1 N–H and O–H groups in total. The van der Waals surface area contributed by atoms with Gasteiger partial charge in [0.15, 0.2) is 11.5 Å². The van der Waals surface area contributed by atoms with Gasteiger partial charge in [-0.05, 0) is 25.5 Å². The fourth-order valence-corrected chi connectivity index (χ4v) is 2.59. The zero-order valence-corrected chi connectivity index (χ0v) is 11.3. The van der Waals surface area contributed by atoms with E-state index in [1.54, 1.807) is 16.7 Å². The summed E-state index contributed by atoms with van der Waals surface area (Å²) in [5.41, 5.74) is 0.868. The molecule has 3 heterocycles. The molecule has 1 aliphatic rings. The van der Waals surface area contributed by atoms with Crippen LogP contribution < -0.4 is 4.90 Å². The highest BCUT2D eigenvalue weighted by atomic mass is 16.5. The number of anilines is 1. The second-order valence-corrected chi connectivity index (χ2v) is 5.00. The van der Waals surface area contributed by atoms with Crippen molar-refractivity contribution >= 4 is 17.4 Å². The summed E-state index contributed by atoms with van der Waals surface area (Å²) < 4.78 is 7.22. The minimum atomic E-state index is -0.962. The summed E-state index contributed by atoms with van der Waals surface area (Å²) in [6, 6.07) is 5.47. The van der Waals surface area contributed by atoms with Gasteiger partial charge in [-0.3, -0.25) is 4.40 Å². The molecule has 1 fully saturated rings. The second-order valence-electron chi connectivity index (χ2n) is 5.00. The molecule has 0 amide bonds. The summed E-state index contributed by atoms with van der Waals surface area (Å²) >= 11 is 0. The fourth-order valence-electron chi connectivity index (χ4n) is 2.59. The first-order chi connectivity index (χ1) is 9.66. The van der Waals surface area contributed by atoms with Gasteiger partial charge in [0, 0.05) is 25.9 Å². The number of aromatic nitrogens is 2. The van der Waals surface area contributed by atoms with E-state index in [4.69, 9.17) is 4.74 Å². The van der Waals surface area contributed by atoms with E-state index in [1.807, 2.05) is 24.0 Å². The molecule has 1 unspecified atom stereocenters. The van der Waals surface area contributed by atoms with E-state index >= 15 is 0 Å². The smallest absolute Gasteiger partial charge is 0.356 e. The zero-order valence-electron chi connectivity index (χ0n) is 11.3. The molecule has 0 radical (unpaired) electrons. The number of hydrogen-bond acceptors (Lipinski definition) is 4. The van der Waals surface area contributed by atoms with E-state index in [2.05, 4.69) is 4.98 Å². The van der Waals surface area contributed by atoms with Crippen molar-refractivity contribution in [3.8, 4) is 0 Å². The minimum Gasteiger partial charge on any atom is -0.476 e. The Hall–Kier alpha value is -2.08. The number of nitrogens with zero attached hydrogens (tertiary/aromatic N) is 3. The van der Waals surface area contributed by atoms with Crippen molar-refractivity contribution in [2.75, 3.05) is 24.6 Å². The molecule has 0 saturated carbocycles.